The van der Waals surface area contributed by atoms with E-state index in [2.05, 4.69) is 10.6 Å². The molecule has 0 unspecified atom stereocenters. The van der Waals surface area contributed by atoms with Crippen LogP contribution in [0.4, 0.5) is 14.9 Å². The Hall–Kier alpha value is -3.02. The first-order chi connectivity index (χ1) is 15.3. The fraction of sp³-hybridized carbons (Fsp3) is 0.333. The van der Waals surface area contributed by atoms with Crippen LogP contribution in [0.2, 0.25) is 0 Å². The zero-order valence-corrected chi connectivity index (χ0v) is 18.4. The molecule has 1 heterocycles. The number of amides is 3. The van der Waals surface area contributed by atoms with E-state index in [4.69, 9.17) is 4.74 Å². The Bertz CT molecular complexity index is 1040. The van der Waals surface area contributed by atoms with Crippen molar-refractivity contribution in [2.75, 3.05) is 45.2 Å². The monoisotopic (exact) mass is 464 g/mol. The molecule has 3 rings (SSSR count). The number of hydrogen-bond donors (Lipinski definition) is 2. The summed E-state index contributed by atoms with van der Waals surface area (Å²) in [5, 5.41) is 4.83. The molecule has 0 aliphatic carbocycles. The highest BCUT2D eigenvalue weighted by atomic mass is 32.2. The van der Waals surface area contributed by atoms with Crippen molar-refractivity contribution >= 4 is 27.6 Å². The van der Waals surface area contributed by atoms with Gasteiger partial charge in [-0.1, -0.05) is 0 Å². The Morgan fingerprint density at radius 2 is 1.69 bits per heavy atom. The maximum absolute atomic E-state index is 13.1. The summed E-state index contributed by atoms with van der Waals surface area (Å²) in [6.07, 6.45) is 0.520. The lowest BCUT2D eigenvalue weighted by Crippen LogP contribution is -2.43. The van der Waals surface area contributed by atoms with E-state index < -0.39 is 27.8 Å². The van der Waals surface area contributed by atoms with Crippen LogP contribution < -0.4 is 15.4 Å². The fourth-order valence-electron chi connectivity index (χ4n) is 3.31. The van der Waals surface area contributed by atoms with E-state index in [1.165, 1.54) is 23.5 Å². The van der Waals surface area contributed by atoms with Gasteiger partial charge >= 0.3 is 6.03 Å². The number of imide groups is 1. The van der Waals surface area contributed by atoms with Crippen LogP contribution in [-0.2, 0) is 14.8 Å². The van der Waals surface area contributed by atoms with Gasteiger partial charge in [-0.3, -0.25) is 15.0 Å². The largest absolute Gasteiger partial charge is 0.497 e. The summed E-state index contributed by atoms with van der Waals surface area (Å²) < 4.78 is 45.1. The van der Waals surface area contributed by atoms with Gasteiger partial charge in [0, 0.05) is 25.3 Å². The summed E-state index contributed by atoms with van der Waals surface area (Å²) in [6.45, 7) is 1.26. The molecule has 0 spiro atoms. The number of rotatable bonds is 6. The summed E-state index contributed by atoms with van der Waals surface area (Å²) >= 11 is 0. The zero-order valence-electron chi connectivity index (χ0n) is 17.6. The first-order valence-corrected chi connectivity index (χ1v) is 11.4. The number of anilines is 1. The van der Waals surface area contributed by atoms with Gasteiger partial charge in [0.25, 0.3) is 0 Å². The quantitative estimate of drug-likeness (QED) is 0.676. The van der Waals surface area contributed by atoms with Crippen LogP contribution in [-0.4, -0.2) is 69.4 Å². The van der Waals surface area contributed by atoms with Gasteiger partial charge in [-0.05, 0) is 61.5 Å². The number of carbonyl (C=O) groups is 2. The van der Waals surface area contributed by atoms with Crippen LogP contribution in [0.5, 0.6) is 5.75 Å². The molecule has 1 fully saturated rings. The van der Waals surface area contributed by atoms with Crippen LogP contribution in [0.3, 0.4) is 0 Å². The van der Waals surface area contributed by atoms with Crippen molar-refractivity contribution in [2.24, 2.45) is 0 Å². The Kier molecular flexibility index (Phi) is 7.78. The predicted molar refractivity (Wildman–Crippen MR) is 116 cm³/mol. The molecule has 3 amide bonds. The second kappa shape index (κ2) is 10.5. The third kappa shape index (κ3) is 6.25. The molecule has 2 N–H and O–H groups in total. The number of halogens is 1. The molecule has 0 aromatic heterocycles. The number of hydrogen-bond acceptors (Lipinski definition) is 6. The van der Waals surface area contributed by atoms with Crippen molar-refractivity contribution in [2.45, 2.75) is 11.3 Å². The average Bonchev–Trinajstić information content (AvgIpc) is 3.00. The zero-order chi connectivity index (χ0) is 23.1. The van der Waals surface area contributed by atoms with Crippen molar-refractivity contribution in [1.29, 1.82) is 0 Å². The third-order valence-electron chi connectivity index (χ3n) is 4.97. The summed E-state index contributed by atoms with van der Waals surface area (Å²) in [6, 6.07) is 10.7. The first kappa shape index (κ1) is 23.6. The smallest absolute Gasteiger partial charge is 0.325 e. The molecule has 2 aromatic rings. The van der Waals surface area contributed by atoms with Crippen LogP contribution in [0.25, 0.3) is 0 Å². The molecule has 11 heteroatoms. The normalized spacial score (nSPS) is 15.6. The molecule has 172 valence electrons. The van der Waals surface area contributed by atoms with Gasteiger partial charge in [0.2, 0.25) is 15.9 Å². The van der Waals surface area contributed by atoms with Crippen molar-refractivity contribution in [3.63, 3.8) is 0 Å². The number of urea groups is 1. The van der Waals surface area contributed by atoms with Crippen molar-refractivity contribution in [1.82, 2.24) is 14.5 Å². The van der Waals surface area contributed by atoms with Gasteiger partial charge < -0.3 is 10.1 Å². The number of sulfonamides is 1. The fourth-order valence-corrected chi connectivity index (χ4v) is 4.78. The molecule has 2 aromatic carbocycles. The average molecular weight is 465 g/mol. The van der Waals surface area contributed by atoms with E-state index in [9.17, 15) is 22.4 Å². The topological polar surface area (TPSA) is 108 Å². The number of benzene rings is 2. The number of carbonyl (C=O) groups excluding carboxylic acids is 2. The molecule has 32 heavy (non-hydrogen) atoms. The molecular weight excluding hydrogens is 439 g/mol. The lowest BCUT2D eigenvalue weighted by Gasteiger charge is -2.21. The van der Waals surface area contributed by atoms with Gasteiger partial charge in [0.15, 0.2) is 0 Å². The van der Waals surface area contributed by atoms with Gasteiger partial charge in [-0.25, -0.2) is 17.6 Å². The van der Waals surface area contributed by atoms with Gasteiger partial charge in [-0.2, -0.15) is 4.31 Å². The lowest BCUT2D eigenvalue weighted by atomic mass is 10.3. The summed E-state index contributed by atoms with van der Waals surface area (Å²) in [5.41, 5.74) is 0.507. The minimum absolute atomic E-state index is 0.0281. The van der Waals surface area contributed by atoms with Crippen molar-refractivity contribution in [3.8, 4) is 5.75 Å². The lowest BCUT2D eigenvalue weighted by molar-refractivity contribution is -0.121. The summed E-state index contributed by atoms with van der Waals surface area (Å²) in [7, 11) is -2.21. The Balaban J connectivity index is 1.50. The first-order valence-electron chi connectivity index (χ1n) is 10.0. The SMILES string of the molecule is COc1ccc(NC(=O)NC(=O)CN2CCCN(S(=O)(=O)c3ccc(F)cc3)CC2)cc1. The standard InChI is InChI=1S/C21H25FN4O5S/c1-31-18-7-5-17(6-8-18)23-21(28)24-20(27)15-25-11-2-12-26(14-13-25)32(29,30)19-9-3-16(22)4-10-19/h3-10H,2,11-15H2,1H3,(H2,23,24,27,28). The number of ether oxygens (including phenoxy) is 1. The minimum Gasteiger partial charge on any atom is -0.497 e. The highest BCUT2D eigenvalue weighted by Crippen LogP contribution is 2.18. The van der Waals surface area contributed by atoms with Gasteiger partial charge in [-0.15, -0.1) is 0 Å². The molecule has 0 saturated carbocycles. The second-order valence-corrected chi connectivity index (χ2v) is 9.16. The van der Waals surface area contributed by atoms with Crippen molar-refractivity contribution in [3.05, 3.63) is 54.3 Å². The predicted octanol–water partition coefficient (Wildman–Crippen LogP) is 1.88. The molecule has 1 saturated heterocycles. The number of methoxy groups -OCH3 is 1. The van der Waals surface area contributed by atoms with E-state index >= 15 is 0 Å². The molecule has 0 radical (unpaired) electrons. The highest BCUT2D eigenvalue weighted by Gasteiger charge is 2.27. The van der Waals surface area contributed by atoms with E-state index in [0.29, 0.717) is 30.9 Å². The Morgan fingerprint density at radius 3 is 2.34 bits per heavy atom. The molecule has 1 aliphatic heterocycles. The van der Waals surface area contributed by atoms with Crippen LogP contribution in [0, 0.1) is 5.82 Å². The van der Waals surface area contributed by atoms with Gasteiger partial charge in [0.1, 0.15) is 11.6 Å². The van der Waals surface area contributed by atoms with Gasteiger partial charge in [0.05, 0.1) is 18.6 Å². The van der Waals surface area contributed by atoms with Crippen LogP contribution in [0.15, 0.2) is 53.4 Å². The third-order valence-corrected chi connectivity index (χ3v) is 6.88. The summed E-state index contributed by atoms with van der Waals surface area (Å²) in [5.74, 6) is -0.359. The van der Waals surface area contributed by atoms with Crippen LogP contribution in [0.1, 0.15) is 6.42 Å². The Morgan fingerprint density at radius 1 is 1.00 bits per heavy atom. The Labute approximate surface area is 186 Å². The number of nitrogens with one attached hydrogen (secondary N) is 2. The maximum Gasteiger partial charge on any atom is 0.325 e. The minimum atomic E-state index is -3.75. The molecule has 0 atom stereocenters. The summed E-state index contributed by atoms with van der Waals surface area (Å²) in [4.78, 5) is 26.1. The van der Waals surface area contributed by atoms with Crippen molar-refractivity contribution < 1.29 is 27.1 Å². The molecule has 0 bridgehead atoms. The van der Waals surface area contributed by atoms with E-state index in [1.807, 2.05) is 0 Å². The molecule has 9 nitrogen and oxygen atoms in total. The second-order valence-electron chi connectivity index (χ2n) is 7.22. The van der Waals surface area contributed by atoms with E-state index in [0.717, 1.165) is 12.1 Å². The van der Waals surface area contributed by atoms with E-state index in [1.54, 1.807) is 29.2 Å². The van der Waals surface area contributed by atoms with E-state index in [-0.39, 0.29) is 24.5 Å². The molecule has 1 aliphatic rings. The molecular formula is C21H25FN4O5S. The highest BCUT2D eigenvalue weighted by molar-refractivity contribution is 7.89. The maximum atomic E-state index is 13.1. The van der Waals surface area contributed by atoms with Crippen LogP contribution >= 0.6 is 0 Å². The number of nitrogens with zero attached hydrogens (tertiary/aromatic N) is 2.